The van der Waals surface area contributed by atoms with E-state index in [0.717, 1.165) is 27.9 Å². The Hall–Kier alpha value is -4.07. The van der Waals surface area contributed by atoms with Crippen LogP contribution in [0.25, 0.3) is 22.6 Å². The first-order chi connectivity index (χ1) is 14.5. The normalized spacial score (nSPS) is 10.8. The van der Waals surface area contributed by atoms with Crippen molar-refractivity contribution in [1.29, 1.82) is 0 Å². The van der Waals surface area contributed by atoms with Gasteiger partial charge in [0.25, 0.3) is 0 Å². The van der Waals surface area contributed by atoms with Crippen molar-refractivity contribution in [2.45, 2.75) is 19.9 Å². The maximum atomic E-state index is 10.9. The summed E-state index contributed by atoms with van der Waals surface area (Å²) >= 11 is 0. The van der Waals surface area contributed by atoms with Crippen LogP contribution in [0.5, 0.6) is 0 Å². The number of aryl methyl sites for hydroxylation is 1. The second-order valence-electron chi connectivity index (χ2n) is 7.06. The van der Waals surface area contributed by atoms with Crippen molar-refractivity contribution >= 4 is 11.9 Å². The summed E-state index contributed by atoms with van der Waals surface area (Å²) in [4.78, 5) is 19.6. The lowest BCUT2D eigenvalue weighted by atomic mass is 10.1. The van der Waals surface area contributed by atoms with Crippen molar-refractivity contribution in [3.05, 3.63) is 77.5 Å². The first-order valence-corrected chi connectivity index (χ1v) is 9.38. The predicted octanol–water partition coefficient (Wildman–Crippen LogP) is 2.97. The zero-order valence-electron chi connectivity index (χ0n) is 16.4. The number of hydrogen-bond donors (Lipinski definition) is 2. The third kappa shape index (κ3) is 4.49. The molecule has 0 bridgehead atoms. The molecule has 0 aliphatic rings. The van der Waals surface area contributed by atoms with Gasteiger partial charge in [-0.2, -0.15) is 0 Å². The molecule has 2 aromatic carbocycles. The Morgan fingerprint density at radius 2 is 1.77 bits per heavy atom. The fourth-order valence-electron chi connectivity index (χ4n) is 3.24. The van der Waals surface area contributed by atoms with Gasteiger partial charge >= 0.3 is 5.97 Å². The average Bonchev–Trinajstić information content (AvgIpc) is 3.16. The summed E-state index contributed by atoms with van der Waals surface area (Å²) < 4.78 is 1.68. The topological polar surface area (TPSA) is 120 Å². The molecule has 0 spiro atoms. The van der Waals surface area contributed by atoms with E-state index in [4.69, 9.17) is 10.8 Å². The number of nitrogen functional groups attached to an aromatic ring is 1. The summed E-state index contributed by atoms with van der Waals surface area (Å²) in [5.41, 5.74) is 11.6. The van der Waals surface area contributed by atoms with Crippen LogP contribution in [0.4, 0.5) is 5.95 Å². The van der Waals surface area contributed by atoms with E-state index < -0.39 is 5.97 Å². The molecule has 0 amide bonds. The fraction of sp³-hybridized carbons (Fsp3) is 0.136. The van der Waals surface area contributed by atoms with Crippen molar-refractivity contribution < 1.29 is 9.90 Å². The van der Waals surface area contributed by atoms with Gasteiger partial charge in [0.1, 0.15) is 5.69 Å². The van der Waals surface area contributed by atoms with Crippen LogP contribution < -0.4 is 5.73 Å². The average molecular weight is 400 g/mol. The zero-order valence-corrected chi connectivity index (χ0v) is 16.4. The molecular formula is C22H20N6O2. The molecule has 0 saturated carbocycles. The minimum Gasteiger partial charge on any atom is -0.481 e. The minimum atomic E-state index is -0.860. The van der Waals surface area contributed by atoms with Gasteiger partial charge in [-0.1, -0.05) is 53.2 Å². The number of aromatic nitrogens is 5. The van der Waals surface area contributed by atoms with Crippen LogP contribution in [0.15, 0.2) is 60.8 Å². The molecule has 0 atom stereocenters. The SMILES string of the molecule is Cc1cccc(-c2cc(-c3cn(Cc4cccc(CC(=O)O)c4)nn3)nc(N)n2)c1. The third-order valence-electron chi connectivity index (χ3n) is 4.55. The van der Waals surface area contributed by atoms with Gasteiger partial charge in [-0.25, -0.2) is 14.6 Å². The van der Waals surface area contributed by atoms with E-state index in [9.17, 15) is 4.79 Å². The number of nitrogens with two attached hydrogens (primary N) is 1. The molecule has 8 nitrogen and oxygen atoms in total. The number of rotatable bonds is 6. The molecule has 0 unspecified atom stereocenters. The third-order valence-corrected chi connectivity index (χ3v) is 4.55. The Balaban J connectivity index is 1.59. The maximum Gasteiger partial charge on any atom is 0.307 e. The van der Waals surface area contributed by atoms with Crippen LogP contribution >= 0.6 is 0 Å². The molecule has 0 aliphatic heterocycles. The van der Waals surface area contributed by atoms with Crippen molar-refractivity contribution in [3.8, 4) is 22.6 Å². The second-order valence-corrected chi connectivity index (χ2v) is 7.06. The van der Waals surface area contributed by atoms with E-state index in [1.165, 1.54) is 0 Å². The quantitative estimate of drug-likeness (QED) is 0.510. The van der Waals surface area contributed by atoms with E-state index >= 15 is 0 Å². The van der Waals surface area contributed by atoms with Crippen molar-refractivity contribution in [2.24, 2.45) is 0 Å². The summed E-state index contributed by atoms with van der Waals surface area (Å²) in [6, 6.07) is 17.2. The molecule has 2 heterocycles. The number of anilines is 1. The monoisotopic (exact) mass is 400 g/mol. The highest BCUT2D eigenvalue weighted by Gasteiger charge is 2.11. The Morgan fingerprint density at radius 1 is 1.00 bits per heavy atom. The van der Waals surface area contributed by atoms with Crippen molar-refractivity contribution in [3.63, 3.8) is 0 Å². The molecule has 0 fully saturated rings. The second kappa shape index (κ2) is 8.12. The summed E-state index contributed by atoms with van der Waals surface area (Å²) in [7, 11) is 0. The molecule has 30 heavy (non-hydrogen) atoms. The molecule has 2 aromatic heterocycles. The lowest BCUT2D eigenvalue weighted by molar-refractivity contribution is -0.136. The minimum absolute atomic E-state index is 0.0155. The number of hydrogen-bond acceptors (Lipinski definition) is 6. The molecule has 0 saturated heterocycles. The van der Waals surface area contributed by atoms with Crippen LogP contribution in [0.1, 0.15) is 16.7 Å². The summed E-state index contributed by atoms with van der Waals surface area (Å²) in [5.74, 6) is -0.694. The highest BCUT2D eigenvalue weighted by molar-refractivity contribution is 5.70. The van der Waals surface area contributed by atoms with Gasteiger partial charge in [0.15, 0.2) is 0 Å². The van der Waals surface area contributed by atoms with Gasteiger partial charge in [-0.3, -0.25) is 4.79 Å². The molecule has 3 N–H and O–H groups in total. The molecular weight excluding hydrogens is 380 g/mol. The van der Waals surface area contributed by atoms with E-state index in [1.54, 1.807) is 16.9 Å². The molecule has 0 aliphatic carbocycles. The summed E-state index contributed by atoms with van der Waals surface area (Å²) in [6.45, 7) is 2.48. The Morgan fingerprint density at radius 3 is 2.57 bits per heavy atom. The Labute approximate surface area is 173 Å². The van der Waals surface area contributed by atoms with Gasteiger partial charge in [0.2, 0.25) is 5.95 Å². The standard InChI is InChI=1S/C22H20N6O2/c1-14-4-2-7-17(8-14)18-11-19(25-22(23)24-18)20-13-28(27-26-20)12-16-6-3-5-15(9-16)10-21(29)30/h2-9,11,13H,10,12H2,1H3,(H,29,30)(H2,23,24,25). The van der Waals surface area contributed by atoms with Crippen LogP contribution in [-0.2, 0) is 17.8 Å². The fourth-order valence-corrected chi connectivity index (χ4v) is 3.24. The van der Waals surface area contributed by atoms with E-state index in [1.807, 2.05) is 55.5 Å². The lowest BCUT2D eigenvalue weighted by Gasteiger charge is -2.05. The number of aliphatic carboxylic acids is 1. The van der Waals surface area contributed by atoms with Crippen molar-refractivity contribution in [1.82, 2.24) is 25.0 Å². The largest absolute Gasteiger partial charge is 0.481 e. The van der Waals surface area contributed by atoms with Gasteiger partial charge in [0, 0.05) is 5.56 Å². The summed E-state index contributed by atoms with van der Waals surface area (Å²) in [6.07, 6.45) is 1.77. The lowest BCUT2D eigenvalue weighted by Crippen LogP contribution is -2.03. The Bertz CT molecular complexity index is 1220. The molecule has 0 radical (unpaired) electrons. The van der Waals surface area contributed by atoms with Gasteiger partial charge < -0.3 is 10.8 Å². The number of carbonyl (C=O) groups is 1. The highest BCUT2D eigenvalue weighted by Crippen LogP contribution is 2.24. The smallest absolute Gasteiger partial charge is 0.307 e. The highest BCUT2D eigenvalue weighted by atomic mass is 16.4. The first kappa shape index (κ1) is 19.3. The van der Waals surface area contributed by atoms with Crippen LogP contribution in [0.3, 0.4) is 0 Å². The van der Waals surface area contributed by atoms with Gasteiger partial charge in [0.05, 0.1) is 30.6 Å². The van der Waals surface area contributed by atoms with E-state index in [0.29, 0.717) is 17.9 Å². The molecule has 150 valence electrons. The zero-order chi connectivity index (χ0) is 21.1. The number of nitrogens with zero attached hydrogens (tertiary/aromatic N) is 5. The maximum absolute atomic E-state index is 10.9. The summed E-state index contributed by atoms with van der Waals surface area (Å²) in [5, 5.41) is 17.4. The molecule has 4 rings (SSSR count). The first-order valence-electron chi connectivity index (χ1n) is 9.38. The number of carboxylic acid groups (broad SMARTS) is 1. The molecule has 8 heteroatoms. The van der Waals surface area contributed by atoms with E-state index in [-0.39, 0.29) is 12.4 Å². The predicted molar refractivity (Wildman–Crippen MR) is 113 cm³/mol. The number of carboxylic acids is 1. The van der Waals surface area contributed by atoms with Crippen molar-refractivity contribution in [2.75, 3.05) is 5.73 Å². The number of benzene rings is 2. The van der Waals surface area contributed by atoms with Gasteiger partial charge in [-0.05, 0) is 30.2 Å². The van der Waals surface area contributed by atoms with Crippen LogP contribution in [0, 0.1) is 6.92 Å². The Kier molecular flexibility index (Phi) is 5.21. The van der Waals surface area contributed by atoms with E-state index in [2.05, 4.69) is 20.3 Å². The van der Waals surface area contributed by atoms with Gasteiger partial charge in [-0.15, -0.1) is 5.10 Å². The van der Waals surface area contributed by atoms with Crippen LogP contribution in [0.2, 0.25) is 0 Å². The van der Waals surface area contributed by atoms with Crippen LogP contribution in [-0.4, -0.2) is 36.0 Å². The molecule has 4 aromatic rings.